The molecule has 0 bridgehead atoms. The molecule has 5 aromatic carbocycles. The molecule has 4 nitrogen and oxygen atoms in total. The number of phenolic OH excluding ortho intramolecular Hbond substituents is 1. The molecule has 0 aliphatic heterocycles. The SMILES string of the molecule is O=C(Nc1ccccc1)c1cc2ccc3c([nH]c4ccc5ccccc5c43)c2cc1O. The molecular formula is C27H18N2O2. The molecule has 0 unspecified atom stereocenters. The Labute approximate surface area is 177 Å². The van der Waals surface area contributed by atoms with Gasteiger partial charge in [0, 0.05) is 27.4 Å². The molecule has 0 aliphatic rings. The third-order valence-electron chi connectivity index (χ3n) is 5.87. The minimum absolute atomic E-state index is 0.0445. The molecule has 0 saturated heterocycles. The van der Waals surface area contributed by atoms with Crippen LogP contribution in [0.5, 0.6) is 5.75 Å². The first-order chi connectivity index (χ1) is 15.2. The number of para-hydroxylation sites is 1. The number of benzene rings is 5. The second-order valence-corrected chi connectivity index (χ2v) is 7.73. The van der Waals surface area contributed by atoms with Crippen molar-refractivity contribution in [3.05, 3.63) is 96.6 Å². The van der Waals surface area contributed by atoms with Crippen LogP contribution in [0, 0.1) is 0 Å². The molecule has 3 N–H and O–H groups in total. The number of hydrogen-bond donors (Lipinski definition) is 3. The predicted octanol–water partition coefficient (Wildman–Crippen LogP) is 6.59. The van der Waals surface area contributed by atoms with E-state index >= 15 is 0 Å². The lowest BCUT2D eigenvalue weighted by molar-refractivity contribution is 0.102. The number of rotatable bonds is 2. The van der Waals surface area contributed by atoms with E-state index < -0.39 is 0 Å². The fraction of sp³-hybridized carbons (Fsp3) is 0. The molecule has 0 aliphatic carbocycles. The number of aromatic nitrogens is 1. The summed E-state index contributed by atoms with van der Waals surface area (Å²) in [6.07, 6.45) is 0. The van der Waals surface area contributed by atoms with Gasteiger partial charge in [0.1, 0.15) is 5.75 Å². The van der Waals surface area contributed by atoms with Crippen LogP contribution in [0.3, 0.4) is 0 Å². The van der Waals surface area contributed by atoms with Gasteiger partial charge in [0.25, 0.3) is 5.91 Å². The highest BCUT2D eigenvalue weighted by Gasteiger charge is 2.16. The molecule has 1 heterocycles. The van der Waals surface area contributed by atoms with Gasteiger partial charge in [-0.3, -0.25) is 4.79 Å². The first-order valence-corrected chi connectivity index (χ1v) is 10.1. The van der Waals surface area contributed by atoms with Crippen LogP contribution in [0.2, 0.25) is 0 Å². The average Bonchev–Trinajstić information content (AvgIpc) is 3.19. The molecule has 1 aromatic heterocycles. The van der Waals surface area contributed by atoms with E-state index in [1.54, 1.807) is 12.1 Å². The zero-order valence-electron chi connectivity index (χ0n) is 16.5. The normalized spacial score (nSPS) is 11.5. The van der Waals surface area contributed by atoms with Gasteiger partial charge in [0.05, 0.1) is 11.1 Å². The molecule has 4 heteroatoms. The molecule has 0 radical (unpaired) electrons. The second kappa shape index (κ2) is 6.61. The Kier molecular flexibility index (Phi) is 3.74. The number of carbonyl (C=O) groups excluding carboxylic acids is 1. The maximum absolute atomic E-state index is 12.8. The van der Waals surface area contributed by atoms with Crippen molar-refractivity contribution < 1.29 is 9.90 Å². The molecule has 6 aromatic rings. The highest BCUT2D eigenvalue weighted by atomic mass is 16.3. The molecular weight excluding hydrogens is 384 g/mol. The third-order valence-corrected chi connectivity index (χ3v) is 5.87. The quantitative estimate of drug-likeness (QED) is 0.306. The molecule has 0 spiro atoms. The largest absolute Gasteiger partial charge is 0.507 e. The van der Waals surface area contributed by atoms with Crippen LogP contribution < -0.4 is 5.32 Å². The number of anilines is 1. The second-order valence-electron chi connectivity index (χ2n) is 7.73. The Bertz CT molecular complexity index is 1630. The summed E-state index contributed by atoms with van der Waals surface area (Å²) in [7, 11) is 0. The number of aromatic amines is 1. The van der Waals surface area contributed by atoms with Gasteiger partial charge in [-0.25, -0.2) is 0 Å². The predicted molar refractivity (Wildman–Crippen MR) is 127 cm³/mol. The number of carbonyl (C=O) groups is 1. The summed E-state index contributed by atoms with van der Waals surface area (Å²) in [6, 6.07) is 29.2. The van der Waals surface area contributed by atoms with Gasteiger partial charge < -0.3 is 15.4 Å². The Morgan fingerprint density at radius 1 is 0.742 bits per heavy atom. The Morgan fingerprint density at radius 2 is 1.52 bits per heavy atom. The van der Waals surface area contributed by atoms with E-state index in [4.69, 9.17) is 0 Å². The lowest BCUT2D eigenvalue weighted by atomic mass is 10.00. The van der Waals surface area contributed by atoms with E-state index in [9.17, 15) is 9.90 Å². The number of fused-ring (bicyclic) bond motifs is 7. The van der Waals surface area contributed by atoms with Crippen molar-refractivity contribution in [1.82, 2.24) is 4.98 Å². The monoisotopic (exact) mass is 402 g/mol. The van der Waals surface area contributed by atoms with Crippen LogP contribution in [0.25, 0.3) is 43.4 Å². The van der Waals surface area contributed by atoms with Crippen LogP contribution in [0.4, 0.5) is 5.69 Å². The van der Waals surface area contributed by atoms with Crippen LogP contribution in [0.1, 0.15) is 10.4 Å². The van der Waals surface area contributed by atoms with Gasteiger partial charge in [-0.1, -0.05) is 60.7 Å². The Balaban J connectivity index is 1.54. The summed E-state index contributed by atoms with van der Waals surface area (Å²) < 4.78 is 0. The van der Waals surface area contributed by atoms with Crippen molar-refractivity contribution >= 4 is 54.9 Å². The number of amides is 1. The summed E-state index contributed by atoms with van der Waals surface area (Å²) >= 11 is 0. The highest BCUT2D eigenvalue weighted by Crippen LogP contribution is 2.37. The van der Waals surface area contributed by atoms with Crippen LogP contribution >= 0.6 is 0 Å². The van der Waals surface area contributed by atoms with Crippen molar-refractivity contribution in [3.63, 3.8) is 0 Å². The van der Waals surface area contributed by atoms with Crippen molar-refractivity contribution in [3.8, 4) is 5.75 Å². The van der Waals surface area contributed by atoms with E-state index in [1.165, 1.54) is 16.2 Å². The maximum Gasteiger partial charge on any atom is 0.259 e. The van der Waals surface area contributed by atoms with Gasteiger partial charge in [-0.05, 0) is 46.5 Å². The topological polar surface area (TPSA) is 65.1 Å². The Morgan fingerprint density at radius 3 is 2.39 bits per heavy atom. The molecule has 1 amide bonds. The molecule has 6 rings (SSSR count). The van der Waals surface area contributed by atoms with Crippen LogP contribution in [-0.2, 0) is 0 Å². The fourth-order valence-electron chi connectivity index (χ4n) is 4.41. The average molecular weight is 402 g/mol. The minimum atomic E-state index is -0.340. The van der Waals surface area contributed by atoms with E-state index in [2.05, 4.69) is 40.6 Å². The van der Waals surface area contributed by atoms with Crippen LogP contribution in [-0.4, -0.2) is 16.0 Å². The van der Waals surface area contributed by atoms with Crippen molar-refractivity contribution in [2.24, 2.45) is 0 Å². The molecule has 0 saturated carbocycles. The summed E-state index contributed by atoms with van der Waals surface area (Å²) in [5, 5.41) is 19.9. The lowest BCUT2D eigenvalue weighted by Gasteiger charge is -2.09. The first kappa shape index (κ1) is 17.5. The summed E-state index contributed by atoms with van der Waals surface area (Å²) in [5.41, 5.74) is 2.93. The van der Waals surface area contributed by atoms with Gasteiger partial charge in [-0.2, -0.15) is 0 Å². The first-order valence-electron chi connectivity index (χ1n) is 10.1. The number of nitrogens with one attached hydrogen (secondary N) is 2. The van der Waals surface area contributed by atoms with E-state index in [0.29, 0.717) is 5.69 Å². The van der Waals surface area contributed by atoms with Crippen molar-refractivity contribution in [2.75, 3.05) is 5.32 Å². The van der Waals surface area contributed by atoms with Crippen molar-refractivity contribution in [2.45, 2.75) is 0 Å². The van der Waals surface area contributed by atoms with Gasteiger partial charge in [-0.15, -0.1) is 0 Å². The molecule has 148 valence electrons. The smallest absolute Gasteiger partial charge is 0.259 e. The molecule has 31 heavy (non-hydrogen) atoms. The standard InChI is InChI=1S/C27H18N2O2/c30-24-15-21-17(14-22(24)27(31)28-18-7-2-1-3-8-18)10-12-20-25-19-9-5-4-6-16(19)11-13-23(25)29-26(20)21/h1-15,29-30H,(H,28,31). The third kappa shape index (κ3) is 2.73. The van der Waals surface area contributed by atoms with Gasteiger partial charge in [0.15, 0.2) is 0 Å². The summed E-state index contributed by atoms with van der Waals surface area (Å²) in [6.45, 7) is 0. The van der Waals surface area contributed by atoms with Crippen molar-refractivity contribution in [1.29, 1.82) is 0 Å². The zero-order chi connectivity index (χ0) is 20.9. The van der Waals surface area contributed by atoms with Gasteiger partial charge >= 0.3 is 0 Å². The van der Waals surface area contributed by atoms with Gasteiger partial charge in [0.2, 0.25) is 0 Å². The minimum Gasteiger partial charge on any atom is -0.507 e. The van der Waals surface area contributed by atoms with E-state index in [0.717, 1.165) is 27.2 Å². The summed E-state index contributed by atoms with van der Waals surface area (Å²) in [5.74, 6) is -0.384. The summed E-state index contributed by atoms with van der Waals surface area (Å²) in [4.78, 5) is 16.3. The maximum atomic E-state index is 12.8. The number of hydrogen-bond acceptors (Lipinski definition) is 2. The molecule has 0 fully saturated rings. The zero-order valence-corrected chi connectivity index (χ0v) is 16.5. The lowest BCUT2D eigenvalue weighted by Crippen LogP contribution is -2.12. The number of aromatic hydroxyl groups is 1. The Hall–Kier alpha value is -4.31. The van der Waals surface area contributed by atoms with E-state index in [1.807, 2.05) is 48.5 Å². The molecule has 0 atom stereocenters. The number of H-pyrrole nitrogens is 1. The van der Waals surface area contributed by atoms with Crippen LogP contribution in [0.15, 0.2) is 91.0 Å². The fourth-order valence-corrected chi connectivity index (χ4v) is 4.41. The highest BCUT2D eigenvalue weighted by molar-refractivity contribution is 6.25. The van der Waals surface area contributed by atoms with E-state index in [-0.39, 0.29) is 17.2 Å². The number of phenols is 1.